The summed E-state index contributed by atoms with van der Waals surface area (Å²) in [5.41, 5.74) is 0. The van der Waals surface area contributed by atoms with Crippen LogP contribution in [0.15, 0.2) is 0 Å². The quantitative estimate of drug-likeness (QED) is 0.550. The Morgan fingerprint density at radius 1 is 1.80 bits per heavy atom. The SMILES string of the molecule is CCC1NC(=S)N(C)C1=O. The van der Waals surface area contributed by atoms with Crippen LogP contribution in [0.5, 0.6) is 0 Å². The third-order valence-corrected chi connectivity index (χ3v) is 2.03. The third kappa shape index (κ3) is 0.988. The van der Waals surface area contributed by atoms with Crippen molar-refractivity contribution in [3.05, 3.63) is 0 Å². The first-order chi connectivity index (χ1) is 4.66. The minimum Gasteiger partial charge on any atom is -0.350 e. The first-order valence-corrected chi connectivity index (χ1v) is 3.65. The predicted octanol–water partition coefficient (Wildman–Crippen LogP) is 0.111. The Hall–Kier alpha value is -0.640. The molecule has 1 saturated heterocycles. The predicted molar refractivity (Wildman–Crippen MR) is 42.6 cm³/mol. The van der Waals surface area contributed by atoms with Crippen LogP contribution in [0.2, 0.25) is 0 Å². The lowest BCUT2D eigenvalue weighted by molar-refractivity contribution is -0.126. The summed E-state index contributed by atoms with van der Waals surface area (Å²) in [7, 11) is 1.69. The van der Waals surface area contributed by atoms with Crippen LogP contribution in [0.3, 0.4) is 0 Å². The zero-order chi connectivity index (χ0) is 7.72. The average molecular weight is 158 g/mol. The third-order valence-electron chi connectivity index (χ3n) is 1.64. The van der Waals surface area contributed by atoms with Crippen molar-refractivity contribution >= 4 is 23.2 Å². The summed E-state index contributed by atoms with van der Waals surface area (Å²) in [6, 6.07) is -0.0856. The molecule has 0 aromatic heterocycles. The topological polar surface area (TPSA) is 32.3 Å². The van der Waals surface area contributed by atoms with Crippen molar-refractivity contribution in [3.8, 4) is 0 Å². The van der Waals surface area contributed by atoms with Crippen molar-refractivity contribution in [3.63, 3.8) is 0 Å². The fourth-order valence-corrected chi connectivity index (χ4v) is 1.15. The maximum atomic E-state index is 11.1. The molecule has 0 bridgehead atoms. The molecule has 1 fully saturated rings. The molecule has 0 aromatic rings. The van der Waals surface area contributed by atoms with E-state index in [1.807, 2.05) is 6.92 Å². The zero-order valence-electron chi connectivity index (χ0n) is 6.05. The monoisotopic (exact) mass is 158 g/mol. The number of nitrogens with zero attached hydrogens (tertiary/aromatic N) is 1. The maximum absolute atomic E-state index is 11.1. The largest absolute Gasteiger partial charge is 0.350 e. The van der Waals surface area contributed by atoms with Gasteiger partial charge < -0.3 is 5.32 Å². The minimum absolute atomic E-state index is 0.0764. The molecule has 1 aliphatic rings. The number of hydrogen-bond donors (Lipinski definition) is 1. The summed E-state index contributed by atoms with van der Waals surface area (Å²) in [6.45, 7) is 1.96. The average Bonchev–Trinajstić information content (AvgIpc) is 2.17. The van der Waals surface area contributed by atoms with Crippen LogP contribution in [-0.2, 0) is 4.79 Å². The fraction of sp³-hybridized carbons (Fsp3) is 0.667. The lowest BCUT2D eigenvalue weighted by Crippen LogP contribution is -2.27. The first kappa shape index (κ1) is 7.47. The maximum Gasteiger partial charge on any atom is 0.251 e. The van der Waals surface area contributed by atoms with Crippen LogP contribution >= 0.6 is 12.2 Å². The summed E-state index contributed by atoms with van der Waals surface area (Å²) >= 11 is 4.86. The molecule has 3 nitrogen and oxygen atoms in total. The number of carbonyl (C=O) groups excluding carboxylic acids is 1. The van der Waals surface area contributed by atoms with E-state index in [0.29, 0.717) is 5.11 Å². The van der Waals surface area contributed by atoms with E-state index in [1.54, 1.807) is 7.05 Å². The van der Waals surface area contributed by atoms with Crippen LogP contribution in [0.1, 0.15) is 13.3 Å². The highest BCUT2D eigenvalue weighted by Crippen LogP contribution is 2.05. The number of rotatable bonds is 1. The van der Waals surface area contributed by atoms with Crippen LogP contribution in [-0.4, -0.2) is 29.0 Å². The van der Waals surface area contributed by atoms with Crippen molar-refractivity contribution in [2.75, 3.05) is 7.05 Å². The standard InChI is InChI=1S/C6H10N2OS/c1-3-4-5(9)8(2)6(10)7-4/h4H,3H2,1-2H3,(H,7,10). The fourth-order valence-electron chi connectivity index (χ4n) is 0.918. The van der Waals surface area contributed by atoms with Gasteiger partial charge in [0.2, 0.25) is 0 Å². The molecule has 10 heavy (non-hydrogen) atoms. The first-order valence-electron chi connectivity index (χ1n) is 3.25. The second-order valence-electron chi connectivity index (χ2n) is 2.31. The van der Waals surface area contributed by atoms with Crippen molar-refractivity contribution in [2.24, 2.45) is 0 Å². The molecule has 56 valence electrons. The van der Waals surface area contributed by atoms with Crippen molar-refractivity contribution in [1.82, 2.24) is 10.2 Å². The van der Waals surface area contributed by atoms with Gasteiger partial charge in [-0.25, -0.2) is 0 Å². The lowest BCUT2D eigenvalue weighted by Gasteiger charge is -2.04. The van der Waals surface area contributed by atoms with Crippen LogP contribution in [0.25, 0.3) is 0 Å². The van der Waals surface area contributed by atoms with E-state index >= 15 is 0 Å². The van der Waals surface area contributed by atoms with Gasteiger partial charge in [-0.3, -0.25) is 9.69 Å². The molecule has 1 rings (SSSR count). The second-order valence-corrected chi connectivity index (χ2v) is 2.69. The highest BCUT2D eigenvalue weighted by Gasteiger charge is 2.30. The molecular formula is C6H10N2OS. The van der Waals surface area contributed by atoms with Gasteiger partial charge in [0.25, 0.3) is 5.91 Å². The second kappa shape index (κ2) is 2.54. The summed E-state index contributed by atoms with van der Waals surface area (Å²) in [5, 5.41) is 3.45. The van der Waals surface area contributed by atoms with Gasteiger partial charge in [0.15, 0.2) is 5.11 Å². The highest BCUT2D eigenvalue weighted by atomic mass is 32.1. The molecule has 1 aliphatic heterocycles. The molecule has 0 radical (unpaired) electrons. The van der Waals surface area contributed by atoms with Crippen molar-refractivity contribution in [2.45, 2.75) is 19.4 Å². The Morgan fingerprint density at radius 3 is 2.60 bits per heavy atom. The Labute approximate surface area is 65.4 Å². The Balaban J connectivity index is 2.71. The molecule has 1 amide bonds. The number of nitrogens with one attached hydrogen (secondary N) is 1. The molecule has 0 spiro atoms. The molecule has 0 aromatic carbocycles. The number of amides is 1. The van der Waals surface area contributed by atoms with E-state index in [2.05, 4.69) is 5.32 Å². The summed E-state index contributed by atoms with van der Waals surface area (Å²) in [4.78, 5) is 12.6. The van der Waals surface area contributed by atoms with E-state index in [-0.39, 0.29) is 11.9 Å². The van der Waals surface area contributed by atoms with Gasteiger partial charge in [-0.2, -0.15) is 0 Å². The van der Waals surface area contributed by atoms with E-state index in [9.17, 15) is 4.79 Å². The number of likely N-dealkylation sites (N-methyl/N-ethyl adjacent to an activating group) is 1. The highest BCUT2D eigenvalue weighted by molar-refractivity contribution is 7.80. The van der Waals surface area contributed by atoms with Gasteiger partial charge >= 0.3 is 0 Å². The van der Waals surface area contributed by atoms with Crippen LogP contribution < -0.4 is 5.32 Å². The number of thiocarbonyl (C=S) groups is 1. The summed E-state index contributed by atoms with van der Waals surface area (Å²) < 4.78 is 0. The zero-order valence-corrected chi connectivity index (χ0v) is 6.86. The van der Waals surface area contributed by atoms with Crippen molar-refractivity contribution in [1.29, 1.82) is 0 Å². The summed E-state index contributed by atoms with van der Waals surface area (Å²) in [6.07, 6.45) is 0.795. The Bertz CT molecular complexity index is 181. The summed E-state index contributed by atoms with van der Waals surface area (Å²) in [5.74, 6) is 0.0764. The molecule has 0 aliphatic carbocycles. The lowest BCUT2D eigenvalue weighted by atomic mass is 10.2. The van der Waals surface area contributed by atoms with Gasteiger partial charge in [0.1, 0.15) is 6.04 Å². The molecule has 0 saturated carbocycles. The van der Waals surface area contributed by atoms with E-state index < -0.39 is 0 Å². The number of carbonyl (C=O) groups is 1. The number of hydrogen-bond acceptors (Lipinski definition) is 2. The van der Waals surface area contributed by atoms with Crippen LogP contribution in [0, 0.1) is 0 Å². The van der Waals surface area contributed by atoms with Gasteiger partial charge in [0, 0.05) is 7.05 Å². The van der Waals surface area contributed by atoms with E-state index in [1.165, 1.54) is 4.90 Å². The van der Waals surface area contributed by atoms with Gasteiger partial charge in [-0.15, -0.1) is 0 Å². The molecule has 1 N–H and O–H groups in total. The van der Waals surface area contributed by atoms with Gasteiger partial charge in [-0.1, -0.05) is 6.92 Å². The smallest absolute Gasteiger partial charge is 0.251 e. The Kier molecular flexibility index (Phi) is 1.89. The minimum atomic E-state index is -0.0856. The van der Waals surface area contributed by atoms with Crippen LogP contribution in [0.4, 0.5) is 0 Å². The molecule has 1 unspecified atom stereocenters. The molecule has 1 atom stereocenters. The molecule has 4 heteroatoms. The normalized spacial score (nSPS) is 25.4. The Morgan fingerprint density at radius 2 is 2.40 bits per heavy atom. The van der Waals surface area contributed by atoms with E-state index in [4.69, 9.17) is 12.2 Å². The van der Waals surface area contributed by atoms with E-state index in [0.717, 1.165) is 6.42 Å². The molecule has 1 heterocycles. The molecular weight excluding hydrogens is 148 g/mol. The van der Waals surface area contributed by atoms with Crippen molar-refractivity contribution < 1.29 is 4.79 Å². The van der Waals surface area contributed by atoms with Gasteiger partial charge in [0.05, 0.1) is 0 Å². The van der Waals surface area contributed by atoms with Gasteiger partial charge in [-0.05, 0) is 18.6 Å².